The summed E-state index contributed by atoms with van der Waals surface area (Å²) in [6.07, 6.45) is 11.3. The Morgan fingerprint density at radius 2 is 1.89 bits per heavy atom. The van der Waals surface area contributed by atoms with Crippen molar-refractivity contribution >= 4 is 23.4 Å². The van der Waals surface area contributed by atoms with E-state index in [4.69, 9.17) is 9.97 Å². The number of hydrogen-bond donors (Lipinski definition) is 0. The van der Waals surface area contributed by atoms with E-state index in [9.17, 15) is 10.1 Å². The lowest BCUT2D eigenvalue weighted by Gasteiger charge is -2.50. The van der Waals surface area contributed by atoms with Crippen molar-refractivity contribution < 1.29 is 4.79 Å². The predicted molar refractivity (Wildman–Crippen MR) is 136 cm³/mol. The molecule has 0 unspecified atom stereocenters. The minimum Gasteiger partial charge on any atom is -0.350 e. The van der Waals surface area contributed by atoms with Gasteiger partial charge in [-0.15, -0.1) is 0 Å². The molecule has 186 valence electrons. The van der Waals surface area contributed by atoms with E-state index in [1.54, 1.807) is 18.6 Å². The topological polar surface area (TPSA) is 89.3 Å². The Morgan fingerprint density at radius 3 is 2.58 bits per heavy atom. The molecule has 4 saturated carbocycles. The minimum atomic E-state index is -0.0571. The second kappa shape index (κ2) is 7.64. The highest BCUT2D eigenvalue weighted by Crippen LogP contribution is 2.60. The van der Waals surface area contributed by atoms with Crippen LogP contribution in [0.5, 0.6) is 0 Å². The number of pyridine rings is 1. The number of amides is 1. The summed E-state index contributed by atoms with van der Waals surface area (Å²) < 4.78 is 0. The Bertz CT molecular complexity index is 1270. The second-order valence-corrected chi connectivity index (χ2v) is 12.0. The molecule has 36 heavy (non-hydrogen) atoms. The van der Waals surface area contributed by atoms with Gasteiger partial charge in [-0.2, -0.15) is 5.26 Å². The maximum absolute atomic E-state index is 13.6. The molecule has 8 nitrogen and oxygen atoms in total. The van der Waals surface area contributed by atoms with Gasteiger partial charge in [0.15, 0.2) is 0 Å². The number of anilines is 3. The number of hydrogen-bond acceptors (Lipinski definition) is 7. The smallest absolute Gasteiger partial charge is 0.229 e. The van der Waals surface area contributed by atoms with Gasteiger partial charge in [-0.05, 0) is 70.4 Å². The first-order valence-electron chi connectivity index (χ1n) is 13.5. The average Bonchev–Trinajstić information content (AvgIpc) is 3.56. The molecule has 8 heteroatoms. The first-order valence-corrected chi connectivity index (χ1v) is 13.5. The van der Waals surface area contributed by atoms with Crippen LogP contribution in [0.15, 0.2) is 24.7 Å². The third-order valence-electron chi connectivity index (χ3n) is 9.88. The number of fused-ring (bicyclic) bond motifs is 3. The molecule has 0 aromatic carbocycles. The van der Waals surface area contributed by atoms with Crippen molar-refractivity contribution in [3.05, 3.63) is 35.8 Å². The van der Waals surface area contributed by atoms with E-state index >= 15 is 0 Å². The molecule has 2 aliphatic heterocycles. The standard InChI is InChI=1S/C28H33N7O/c1-18-15-34(26(36)28-8-4-21(11-28)12-28)19(2)14-33(18)24-23-25(32-17-31-24)35(16-27(23)6-3-7-27)22-10-20(13-29)5-9-30-22/h5,9-10,17-19,21H,3-4,6-8,11-12,14-16H2,1-2H3/t18-,19+,21?,28?/m1/s1. The van der Waals surface area contributed by atoms with Crippen LogP contribution in [0.3, 0.4) is 0 Å². The molecule has 1 saturated heterocycles. The maximum atomic E-state index is 13.6. The van der Waals surface area contributed by atoms with Crippen molar-refractivity contribution in [3.63, 3.8) is 0 Å². The van der Waals surface area contributed by atoms with Gasteiger partial charge in [0.05, 0.1) is 11.6 Å². The number of carbonyl (C=O) groups excluding carboxylic acids is 1. The van der Waals surface area contributed by atoms with E-state index in [1.807, 2.05) is 6.07 Å². The Balaban J connectivity index is 1.22. The Kier molecular flexibility index (Phi) is 4.68. The predicted octanol–water partition coefficient (Wildman–Crippen LogP) is 3.93. The number of aromatic nitrogens is 3. The van der Waals surface area contributed by atoms with Crippen molar-refractivity contribution in [2.24, 2.45) is 11.3 Å². The first kappa shape index (κ1) is 22.0. The highest BCUT2D eigenvalue weighted by molar-refractivity contribution is 5.85. The van der Waals surface area contributed by atoms with Gasteiger partial charge in [0.2, 0.25) is 5.91 Å². The summed E-state index contributed by atoms with van der Waals surface area (Å²) in [5, 5.41) is 9.42. The summed E-state index contributed by atoms with van der Waals surface area (Å²) in [4.78, 5) is 34.6. The summed E-state index contributed by atoms with van der Waals surface area (Å²) >= 11 is 0. The molecule has 6 aliphatic rings. The molecule has 4 heterocycles. The van der Waals surface area contributed by atoms with E-state index in [-0.39, 0.29) is 22.9 Å². The minimum absolute atomic E-state index is 0.0237. The highest BCUT2D eigenvalue weighted by atomic mass is 16.2. The zero-order valence-electron chi connectivity index (χ0n) is 21.2. The number of nitriles is 1. The fraction of sp³-hybridized carbons (Fsp3) is 0.607. The van der Waals surface area contributed by atoms with Crippen molar-refractivity contribution in [2.75, 3.05) is 29.4 Å². The number of carbonyl (C=O) groups is 1. The Hall–Kier alpha value is -3.21. The Morgan fingerprint density at radius 1 is 1.08 bits per heavy atom. The molecule has 2 atom stereocenters. The van der Waals surface area contributed by atoms with E-state index in [0.717, 1.165) is 75.1 Å². The normalized spacial score (nSPS) is 31.6. The van der Waals surface area contributed by atoms with Crippen LogP contribution < -0.4 is 9.80 Å². The fourth-order valence-electron chi connectivity index (χ4n) is 7.78. The van der Waals surface area contributed by atoms with Crippen LogP contribution in [0, 0.1) is 22.7 Å². The third kappa shape index (κ3) is 2.98. The molecule has 8 rings (SSSR count). The Labute approximate surface area is 212 Å². The van der Waals surface area contributed by atoms with Gasteiger partial charge < -0.3 is 14.7 Å². The number of rotatable bonds is 3. The van der Waals surface area contributed by atoms with E-state index in [0.29, 0.717) is 11.5 Å². The molecule has 2 aromatic rings. The van der Waals surface area contributed by atoms with Crippen molar-refractivity contribution in [3.8, 4) is 6.07 Å². The van der Waals surface area contributed by atoms with E-state index in [1.165, 1.54) is 18.4 Å². The lowest BCUT2D eigenvalue weighted by Crippen LogP contribution is -2.62. The van der Waals surface area contributed by atoms with Crippen LogP contribution in [0.4, 0.5) is 17.5 Å². The fourth-order valence-corrected chi connectivity index (χ4v) is 7.78. The molecular weight excluding hydrogens is 450 g/mol. The van der Waals surface area contributed by atoms with Crippen molar-refractivity contribution in [1.82, 2.24) is 19.9 Å². The zero-order valence-corrected chi connectivity index (χ0v) is 21.2. The molecule has 5 fully saturated rings. The summed E-state index contributed by atoms with van der Waals surface area (Å²) in [6.45, 7) is 6.78. The average molecular weight is 484 g/mol. The highest BCUT2D eigenvalue weighted by Gasteiger charge is 2.57. The van der Waals surface area contributed by atoms with E-state index < -0.39 is 0 Å². The van der Waals surface area contributed by atoms with Crippen LogP contribution in [0.2, 0.25) is 0 Å². The summed E-state index contributed by atoms with van der Waals surface area (Å²) in [5.74, 6) is 3.90. The summed E-state index contributed by atoms with van der Waals surface area (Å²) in [6, 6.07) is 6.16. The molecule has 4 aliphatic carbocycles. The zero-order chi connectivity index (χ0) is 24.7. The molecule has 0 N–H and O–H groups in total. The van der Waals surface area contributed by atoms with Gasteiger partial charge in [-0.3, -0.25) is 4.79 Å². The third-order valence-corrected chi connectivity index (χ3v) is 9.88. The van der Waals surface area contributed by atoms with Crippen molar-refractivity contribution in [1.29, 1.82) is 5.26 Å². The lowest BCUT2D eigenvalue weighted by molar-refractivity contribution is -0.149. The first-order chi connectivity index (χ1) is 17.4. The van der Waals surface area contributed by atoms with Crippen LogP contribution in [-0.2, 0) is 10.2 Å². The van der Waals surface area contributed by atoms with Crippen molar-refractivity contribution in [2.45, 2.75) is 76.3 Å². The van der Waals surface area contributed by atoms with Crippen LogP contribution in [-0.4, -0.2) is 57.5 Å². The molecule has 0 radical (unpaired) electrons. The molecule has 1 spiro atoms. The van der Waals surface area contributed by atoms with Gasteiger partial charge in [0, 0.05) is 54.3 Å². The van der Waals surface area contributed by atoms with Gasteiger partial charge in [0.1, 0.15) is 23.8 Å². The number of nitrogens with zero attached hydrogens (tertiary/aromatic N) is 7. The SMILES string of the molecule is C[C@@H]1CN(C(=O)C23CCC(C2)C3)[C@@H](C)CN1c1ncnc2c1C1(CCC1)CN2c1cc(C#N)ccn1. The number of piperazine rings is 1. The summed E-state index contributed by atoms with van der Waals surface area (Å²) in [5.41, 5.74) is 1.80. The maximum Gasteiger partial charge on any atom is 0.229 e. The van der Waals surface area contributed by atoms with Crippen LogP contribution >= 0.6 is 0 Å². The molecule has 1 amide bonds. The van der Waals surface area contributed by atoms with Crippen LogP contribution in [0.1, 0.15) is 69.9 Å². The molecule has 2 aromatic heterocycles. The van der Waals surface area contributed by atoms with Gasteiger partial charge in [-0.1, -0.05) is 6.42 Å². The van der Waals surface area contributed by atoms with Crippen LogP contribution in [0.25, 0.3) is 0 Å². The lowest BCUT2D eigenvalue weighted by atomic mass is 9.66. The quantitative estimate of drug-likeness (QED) is 0.653. The van der Waals surface area contributed by atoms with Gasteiger partial charge in [-0.25, -0.2) is 15.0 Å². The second-order valence-electron chi connectivity index (χ2n) is 12.0. The van der Waals surface area contributed by atoms with Gasteiger partial charge >= 0.3 is 0 Å². The summed E-state index contributed by atoms with van der Waals surface area (Å²) in [7, 11) is 0. The van der Waals surface area contributed by atoms with Gasteiger partial charge in [0.25, 0.3) is 0 Å². The molecule has 2 bridgehead atoms. The van der Waals surface area contributed by atoms with E-state index in [2.05, 4.69) is 39.6 Å². The largest absolute Gasteiger partial charge is 0.350 e. The molecular formula is C28H33N7O. The monoisotopic (exact) mass is 483 g/mol.